The molecule has 0 saturated heterocycles. The number of aryl methyl sites for hydroxylation is 1. The summed E-state index contributed by atoms with van der Waals surface area (Å²) in [5.74, 6) is -0.750. The van der Waals surface area contributed by atoms with E-state index in [9.17, 15) is 18.0 Å². The van der Waals surface area contributed by atoms with Crippen LogP contribution in [-0.4, -0.2) is 37.8 Å². The lowest BCUT2D eigenvalue weighted by atomic mass is 10.2. The molecule has 0 aliphatic heterocycles. The van der Waals surface area contributed by atoms with Gasteiger partial charge in [0.25, 0.3) is 0 Å². The predicted molar refractivity (Wildman–Crippen MR) is 73.2 cm³/mol. The van der Waals surface area contributed by atoms with E-state index in [0.29, 0.717) is 5.76 Å². The Labute approximate surface area is 121 Å². The number of carbonyl (C=O) groups excluding carboxylic acids is 1. The van der Waals surface area contributed by atoms with Crippen molar-refractivity contribution < 1.29 is 27.5 Å². The number of primary sulfonamides is 1. The highest BCUT2D eigenvalue weighted by molar-refractivity contribution is 7.89. The van der Waals surface area contributed by atoms with Gasteiger partial charge in [0.2, 0.25) is 10.0 Å². The van der Waals surface area contributed by atoms with E-state index in [4.69, 9.17) is 14.7 Å². The number of nitrogens with two attached hydrogens (primary N) is 1. The van der Waals surface area contributed by atoms with Gasteiger partial charge in [-0.2, -0.15) is 0 Å². The van der Waals surface area contributed by atoms with Crippen LogP contribution in [0, 0.1) is 6.92 Å². The van der Waals surface area contributed by atoms with Crippen LogP contribution in [0.15, 0.2) is 10.5 Å². The van der Waals surface area contributed by atoms with Crippen LogP contribution in [0.4, 0.5) is 4.79 Å². The van der Waals surface area contributed by atoms with E-state index in [2.05, 4.69) is 10.6 Å². The van der Waals surface area contributed by atoms with Gasteiger partial charge in [-0.3, -0.25) is 0 Å². The maximum absolute atomic E-state index is 11.4. The Bertz CT molecular complexity index is 622. The Balaban J connectivity index is 2.33. The van der Waals surface area contributed by atoms with Gasteiger partial charge in [0.05, 0.1) is 12.3 Å². The lowest BCUT2D eigenvalue weighted by molar-refractivity contribution is 0.0695. The van der Waals surface area contributed by atoms with Crippen LogP contribution in [-0.2, 0) is 16.6 Å². The first-order valence-corrected chi connectivity index (χ1v) is 7.75. The highest BCUT2D eigenvalue weighted by Gasteiger charge is 2.14. The second kappa shape index (κ2) is 7.09. The third kappa shape index (κ3) is 6.27. The minimum absolute atomic E-state index is 0.0230. The van der Waals surface area contributed by atoms with Crippen molar-refractivity contribution in [2.75, 3.05) is 12.3 Å². The number of hydrogen-bond acceptors (Lipinski definition) is 5. The molecule has 10 heteroatoms. The van der Waals surface area contributed by atoms with E-state index in [1.54, 1.807) is 0 Å². The van der Waals surface area contributed by atoms with Gasteiger partial charge in [-0.25, -0.2) is 23.1 Å². The normalized spacial score (nSPS) is 11.1. The molecule has 9 nitrogen and oxygen atoms in total. The van der Waals surface area contributed by atoms with Gasteiger partial charge >= 0.3 is 12.0 Å². The molecule has 1 aromatic heterocycles. The summed E-state index contributed by atoms with van der Waals surface area (Å²) in [4.78, 5) is 22.2. The largest absolute Gasteiger partial charge is 0.478 e. The summed E-state index contributed by atoms with van der Waals surface area (Å²) in [6.45, 7) is 1.69. The molecule has 0 aromatic carbocycles. The van der Waals surface area contributed by atoms with Crippen LogP contribution in [0.25, 0.3) is 0 Å². The van der Waals surface area contributed by atoms with Crippen LogP contribution >= 0.6 is 0 Å². The zero-order valence-electron chi connectivity index (χ0n) is 11.4. The summed E-state index contributed by atoms with van der Waals surface area (Å²) in [5, 5.41) is 18.6. The summed E-state index contributed by atoms with van der Waals surface area (Å²) < 4.78 is 26.5. The average molecular weight is 319 g/mol. The van der Waals surface area contributed by atoms with Crippen LogP contribution in [0.2, 0.25) is 0 Å². The molecule has 0 atom stereocenters. The first kappa shape index (κ1) is 17.0. The highest BCUT2D eigenvalue weighted by Crippen LogP contribution is 2.14. The topological polar surface area (TPSA) is 152 Å². The van der Waals surface area contributed by atoms with Crippen molar-refractivity contribution >= 4 is 22.0 Å². The van der Waals surface area contributed by atoms with Crippen LogP contribution in [0.1, 0.15) is 28.3 Å². The smallest absolute Gasteiger partial charge is 0.339 e. The monoisotopic (exact) mass is 319 g/mol. The fourth-order valence-corrected chi connectivity index (χ4v) is 2.10. The van der Waals surface area contributed by atoms with Gasteiger partial charge in [0.1, 0.15) is 17.1 Å². The van der Waals surface area contributed by atoms with E-state index in [1.165, 1.54) is 13.0 Å². The minimum Gasteiger partial charge on any atom is -0.478 e. The fourth-order valence-electron chi connectivity index (χ4n) is 1.55. The highest BCUT2D eigenvalue weighted by atomic mass is 32.2. The molecule has 0 radical (unpaired) electrons. The van der Waals surface area contributed by atoms with E-state index in [0.717, 1.165) is 0 Å². The first-order valence-electron chi connectivity index (χ1n) is 6.04. The van der Waals surface area contributed by atoms with Crippen LogP contribution < -0.4 is 15.8 Å². The fraction of sp³-hybridized carbons (Fsp3) is 0.455. The molecular formula is C11H17N3O6S. The number of carboxylic acid groups (broad SMARTS) is 1. The summed E-state index contributed by atoms with van der Waals surface area (Å²) in [5.41, 5.74) is 0.0420. The maximum Gasteiger partial charge on any atom is 0.339 e. The van der Waals surface area contributed by atoms with Crippen LogP contribution in [0.5, 0.6) is 0 Å². The molecule has 2 amide bonds. The summed E-state index contributed by atoms with van der Waals surface area (Å²) in [6, 6.07) is 0.814. The third-order valence-corrected chi connectivity index (χ3v) is 3.37. The lowest BCUT2D eigenvalue weighted by Gasteiger charge is -2.05. The zero-order chi connectivity index (χ0) is 16.0. The van der Waals surface area contributed by atoms with Crippen molar-refractivity contribution in [2.45, 2.75) is 19.9 Å². The van der Waals surface area contributed by atoms with Crippen molar-refractivity contribution in [1.82, 2.24) is 10.6 Å². The molecule has 0 bridgehead atoms. The Morgan fingerprint density at radius 3 is 2.57 bits per heavy atom. The number of hydrogen-bond donors (Lipinski definition) is 4. The molecule has 0 aliphatic carbocycles. The predicted octanol–water partition coefficient (Wildman–Crippen LogP) is -0.236. The molecule has 1 rings (SSSR count). The summed E-state index contributed by atoms with van der Waals surface area (Å²) in [7, 11) is -3.53. The number of aromatic carboxylic acids is 1. The summed E-state index contributed by atoms with van der Waals surface area (Å²) >= 11 is 0. The van der Waals surface area contributed by atoms with Crippen LogP contribution in [0.3, 0.4) is 0 Å². The van der Waals surface area contributed by atoms with Gasteiger partial charge in [0, 0.05) is 6.54 Å². The standard InChI is InChI=1S/C11H17N3O6S/c1-7-9(10(15)16)5-8(20-7)6-14-11(17)13-3-2-4-21(12,18)19/h5H,2-4,6H2,1H3,(H,15,16)(H2,12,18,19)(H2,13,14,17). The molecule has 0 unspecified atom stereocenters. The van der Waals surface area contributed by atoms with Gasteiger partial charge in [-0.05, 0) is 19.4 Å². The Hall–Kier alpha value is -2.07. The zero-order valence-corrected chi connectivity index (χ0v) is 12.2. The summed E-state index contributed by atoms with van der Waals surface area (Å²) in [6.07, 6.45) is 0.204. The number of sulfonamides is 1. The van der Waals surface area contributed by atoms with Crippen molar-refractivity contribution in [3.05, 3.63) is 23.2 Å². The number of rotatable bonds is 7. The quantitative estimate of drug-likeness (QED) is 0.509. The SMILES string of the molecule is Cc1oc(CNC(=O)NCCCS(N)(=O)=O)cc1C(=O)O. The molecule has 1 heterocycles. The Morgan fingerprint density at radius 2 is 2.05 bits per heavy atom. The van der Waals surface area contributed by atoms with Crippen molar-refractivity contribution in [3.63, 3.8) is 0 Å². The third-order valence-electron chi connectivity index (χ3n) is 2.51. The second-order valence-corrected chi connectivity index (χ2v) is 6.05. The van der Waals surface area contributed by atoms with E-state index < -0.39 is 22.0 Å². The minimum atomic E-state index is -3.53. The molecule has 0 aliphatic rings. The van der Waals surface area contributed by atoms with Crippen molar-refractivity contribution in [2.24, 2.45) is 5.14 Å². The Kier molecular flexibility index (Phi) is 5.73. The molecule has 0 saturated carbocycles. The van der Waals surface area contributed by atoms with Gasteiger partial charge in [0.15, 0.2) is 0 Å². The second-order valence-electron chi connectivity index (χ2n) is 4.32. The number of urea groups is 1. The molecule has 5 N–H and O–H groups in total. The molecular weight excluding hydrogens is 302 g/mol. The van der Waals surface area contributed by atoms with Gasteiger partial charge in [-0.15, -0.1) is 0 Å². The first-order chi connectivity index (χ1) is 9.69. The number of nitrogens with one attached hydrogen (secondary N) is 2. The number of carbonyl (C=O) groups is 2. The molecule has 0 fully saturated rings. The van der Waals surface area contributed by atoms with Gasteiger partial charge in [-0.1, -0.05) is 0 Å². The molecule has 21 heavy (non-hydrogen) atoms. The molecule has 118 valence electrons. The molecule has 1 aromatic rings. The number of amides is 2. The Morgan fingerprint density at radius 1 is 1.38 bits per heavy atom. The van der Waals surface area contributed by atoms with Crippen molar-refractivity contribution in [3.8, 4) is 0 Å². The maximum atomic E-state index is 11.4. The van der Waals surface area contributed by atoms with E-state index in [-0.39, 0.29) is 36.6 Å². The van der Waals surface area contributed by atoms with E-state index in [1.807, 2.05) is 0 Å². The number of carboxylic acids is 1. The average Bonchev–Trinajstić information content (AvgIpc) is 2.72. The molecule has 0 spiro atoms. The number of furan rings is 1. The van der Waals surface area contributed by atoms with Crippen molar-refractivity contribution in [1.29, 1.82) is 0 Å². The van der Waals surface area contributed by atoms with E-state index >= 15 is 0 Å². The van der Waals surface area contributed by atoms with Gasteiger partial charge < -0.3 is 20.2 Å². The lowest BCUT2D eigenvalue weighted by Crippen LogP contribution is -2.36.